The molecule has 3 rings (SSSR count). The fourth-order valence-corrected chi connectivity index (χ4v) is 3.43. The molecule has 0 amide bonds. The lowest BCUT2D eigenvalue weighted by molar-refractivity contribution is 0.646. The van der Waals surface area contributed by atoms with E-state index >= 15 is 0 Å². The molecule has 96 valence electrons. The van der Waals surface area contributed by atoms with Gasteiger partial charge in [0.1, 0.15) is 5.65 Å². The van der Waals surface area contributed by atoms with Crippen LogP contribution in [0.25, 0.3) is 5.65 Å². The maximum atomic E-state index is 4.79. The van der Waals surface area contributed by atoms with Crippen LogP contribution in [0.2, 0.25) is 0 Å². The van der Waals surface area contributed by atoms with E-state index < -0.39 is 0 Å². The minimum absolute atomic E-state index is 0.660. The Bertz CT molecular complexity index is 543. The van der Waals surface area contributed by atoms with Gasteiger partial charge in [0.2, 0.25) is 0 Å². The summed E-state index contributed by atoms with van der Waals surface area (Å²) < 4.78 is 2.18. The van der Waals surface area contributed by atoms with Crippen molar-refractivity contribution in [1.82, 2.24) is 9.38 Å². The molecule has 0 atom stereocenters. The molecule has 2 heterocycles. The summed E-state index contributed by atoms with van der Waals surface area (Å²) in [6.45, 7) is 0. The van der Waals surface area contributed by atoms with Crippen LogP contribution in [0.4, 0.5) is 5.82 Å². The van der Waals surface area contributed by atoms with Gasteiger partial charge in [-0.05, 0) is 25.0 Å². The van der Waals surface area contributed by atoms with Crippen molar-refractivity contribution in [2.75, 3.05) is 11.9 Å². The van der Waals surface area contributed by atoms with Crippen molar-refractivity contribution in [3.63, 3.8) is 0 Å². The van der Waals surface area contributed by atoms with Gasteiger partial charge in [-0.1, -0.05) is 34.8 Å². The number of anilines is 1. The summed E-state index contributed by atoms with van der Waals surface area (Å²) >= 11 is 3.60. The Kier molecular flexibility index (Phi) is 3.29. The number of alkyl halides is 1. The van der Waals surface area contributed by atoms with Crippen LogP contribution < -0.4 is 4.90 Å². The van der Waals surface area contributed by atoms with E-state index in [1.807, 2.05) is 6.07 Å². The molecule has 0 bridgehead atoms. The topological polar surface area (TPSA) is 20.5 Å². The fourth-order valence-electron chi connectivity index (χ4n) is 2.91. The predicted octanol–water partition coefficient (Wildman–Crippen LogP) is 3.61. The second-order valence-corrected chi connectivity index (χ2v) is 5.55. The number of aromatic nitrogens is 2. The Morgan fingerprint density at radius 3 is 2.89 bits per heavy atom. The van der Waals surface area contributed by atoms with Crippen molar-refractivity contribution < 1.29 is 0 Å². The number of hydrogen-bond donors (Lipinski definition) is 0. The number of fused-ring (bicyclic) bond motifs is 1. The Hall–Kier alpha value is -1.03. The zero-order chi connectivity index (χ0) is 12.5. The Labute approximate surface area is 116 Å². The molecule has 0 radical (unpaired) electrons. The van der Waals surface area contributed by atoms with Gasteiger partial charge in [0.15, 0.2) is 5.82 Å². The summed E-state index contributed by atoms with van der Waals surface area (Å²) in [7, 11) is 2.18. The van der Waals surface area contributed by atoms with Crippen LogP contribution in [0.1, 0.15) is 31.4 Å². The lowest BCUT2D eigenvalue weighted by Crippen LogP contribution is -2.29. The summed E-state index contributed by atoms with van der Waals surface area (Å²) in [5.74, 6) is 1.13. The van der Waals surface area contributed by atoms with Crippen LogP contribution in [-0.4, -0.2) is 22.5 Å². The SMILES string of the molecule is CN(c1nc2ccccn2c1CBr)C1CCCC1. The molecule has 2 aromatic rings. The van der Waals surface area contributed by atoms with E-state index in [0.717, 1.165) is 16.8 Å². The molecule has 0 N–H and O–H groups in total. The zero-order valence-electron chi connectivity index (χ0n) is 10.6. The van der Waals surface area contributed by atoms with E-state index in [0.29, 0.717) is 6.04 Å². The molecule has 0 spiro atoms. The molecule has 3 nitrogen and oxygen atoms in total. The van der Waals surface area contributed by atoms with Gasteiger partial charge in [0.25, 0.3) is 0 Å². The minimum Gasteiger partial charge on any atom is -0.355 e. The highest BCUT2D eigenvalue weighted by Gasteiger charge is 2.24. The highest BCUT2D eigenvalue weighted by Crippen LogP contribution is 2.30. The minimum atomic E-state index is 0.660. The normalized spacial score (nSPS) is 16.6. The van der Waals surface area contributed by atoms with Gasteiger partial charge in [0, 0.05) is 24.6 Å². The van der Waals surface area contributed by atoms with Crippen LogP contribution in [0.15, 0.2) is 24.4 Å². The van der Waals surface area contributed by atoms with Gasteiger partial charge < -0.3 is 9.30 Å². The molecular weight excluding hydrogens is 290 g/mol. The third-order valence-electron chi connectivity index (χ3n) is 3.94. The van der Waals surface area contributed by atoms with Gasteiger partial charge >= 0.3 is 0 Å². The van der Waals surface area contributed by atoms with Crippen molar-refractivity contribution in [2.24, 2.45) is 0 Å². The highest BCUT2D eigenvalue weighted by atomic mass is 79.9. The molecule has 18 heavy (non-hydrogen) atoms. The number of nitrogens with zero attached hydrogens (tertiary/aromatic N) is 3. The Morgan fingerprint density at radius 2 is 2.17 bits per heavy atom. The van der Waals surface area contributed by atoms with E-state index in [1.165, 1.54) is 31.4 Å². The predicted molar refractivity (Wildman–Crippen MR) is 78.5 cm³/mol. The Morgan fingerprint density at radius 1 is 1.39 bits per heavy atom. The van der Waals surface area contributed by atoms with Crippen LogP contribution >= 0.6 is 15.9 Å². The molecule has 4 heteroatoms. The van der Waals surface area contributed by atoms with Crippen molar-refractivity contribution in [1.29, 1.82) is 0 Å². The van der Waals surface area contributed by atoms with Crippen LogP contribution in [0.5, 0.6) is 0 Å². The van der Waals surface area contributed by atoms with Crippen molar-refractivity contribution in [3.8, 4) is 0 Å². The number of halogens is 1. The second-order valence-electron chi connectivity index (χ2n) is 4.99. The third-order valence-corrected chi connectivity index (χ3v) is 4.47. The first-order chi connectivity index (χ1) is 8.81. The molecule has 1 aliphatic carbocycles. The average molecular weight is 308 g/mol. The van der Waals surface area contributed by atoms with Crippen LogP contribution in [0, 0.1) is 0 Å². The third kappa shape index (κ3) is 1.92. The smallest absolute Gasteiger partial charge is 0.152 e. The van der Waals surface area contributed by atoms with E-state index in [-0.39, 0.29) is 0 Å². The van der Waals surface area contributed by atoms with Gasteiger partial charge in [-0.25, -0.2) is 4.98 Å². The monoisotopic (exact) mass is 307 g/mol. The number of hydrogen-bond acceptors (Lipinski definition) is 2. The summed E-state index contributed by atoms with van der Waals surface area (Å²) in [4.78, 5) is 7.16. The van der Waals surface area contributed by atoms with E-state index in [2.05, 4.69) is 50.6 Å². The molecule has 0 aromatic carbocycles. The first-order valence-corrected chi connectivity index (χ1v) is 7.68. The molecule has 0 aliphatic heterocycles. The molecule has 0 unspecified atom stereocenters. The van der Waals surface area contributed by atoms with Gasteiger partial charge in [-0.2, -0.15) is 0 Å². The van der Waals surface area contributed by atoms with Crippen molar-refractivity contribution >= 4 is 27.4 Å². The number of rotatable bonds is 3. The molecule has 1 fully saturated rings. The number of imidazole rings is 1. The average Bonchev–Trinajstić information content (AvgIpc) is 3.04. The largest absolute Gasteiger partial charge is 0.355 e. The summed E-state index contributed by atoms with van der Waals surface area (Å²) in [5.41, 5.74) is 2.28. The molecular formula is C14H18BrN3. The maximum Gasteiger partial charge on any atom is 0.152 e. The molecule has 2 aromatic heterocycles. The second kappa shape index (κ2) is 4.92. The van der Waals surface area contributed by atoms with Gasteiger partial charge in [-0.3, -0.25) is 0 Å². The highest BCUT2D eigenvalue weighted by molar-refractivity contribution is 9.08. The summed E-state index contributed by atoms with van der Waals surface area (Å²) in [6, 6.07) is 6.82. The quantitative estimate of drug-likeness (QED) is 0.808. The zero-order valence-corrected chi connectivity index (χ0v) is 12.2. The van der Waals surface area contributed by atoms with E-state index in [9.17, 15) is 0 Å². The molecule has 1 aliphatic rings. The van der Waals surface area contributed by atoms with Gasteiger partial charge in [-0.15, -0.1) is 0 Å². The first kappa shape index (κ1) is 12.0. The molecule has 0 saturated heterocycles. The Balaban J connectivity index is 2.04. The van der Waals surface area contributed by atoms with Crippen molar-refractivity contribution in [3.05, 3.63) is 30.1 Å². The maximum absolute atomic E-state index is 4.79. The standard InChI is InChI=1S/C14H18BrN3/c1-17(11-6-2-3-7-11)14-12(10-15)18-9-5-4-8-13(18)16-14/h4-5,8-9,11H,2-3,6-7,10H2,1H3. The van der Waals surface area contributed by atoms with Gasteiger partial charge in [0.05, 0.1) is 5.69 Å². The lowest BCUT2D eigenvalue weighted by Gasteiger charge is -2.25. The lowest BCUT2D eigenvalue weighted by atomic mass is 10.2. The molecule has 1 saturated carbocycles. The van der Waals surface area contributed by atoms with Crippen LogP contribution in [-0.2, 0) is 5.33 Å². The van der Waals surface area contributed by atoms with E-state index in [4.69, 9.17) is 4.98 Å². The first-order valence-electron chi connectivity index (χ1n) is 6.56. The van der Waals surface area contributed by atoms with E-state index in [1.54, 1.807) is 0 Å². The summed E-state index contributed by atoms with van der Waals surface area (Å²) in [6.07, 6.45) is 7.39. The summed E-state index contributed by atoms with van der Waals surface area (Å²) in [5, 5.41) is 0.838. The van der Waals surface area contributed by atoms with Crippen LogP contribution in [0.3, 0.4) is 0 Å². The van der Waals surface area contributed by atoms with Crippen molar-refractivity contribution in [2.45, 2.75) is 37.1 Å². The number of pyridine rings is 1. The fraction of sp³-hybridized carbons (Fsp3) is 0.500.